The van der Waals surface area contributed by atoms with Crippen molar-refractivity contribution in [3.05, 3.63) is 56.2 Å². The molecule has 1 heterocycles. The van der Waals surface area contributed by atoms with Crippen LogP contribution in [-0.4, -0.2) is 12.1 Å². The quantitative estimate of drug-likeness (QED) is 0.628. The van der Waals surface area contributed by atoms with E-state index in [1.807, 2.05) is 36.4 Å². The third-order valence-electron chi connectivity index (χ3n) is 2.96. The average Bonchev–Trinajstić information content (AvgIpc) is 2.83. The van der Waals surface area contributed by atoms with Crippen molar-refractivity contribution >= 4 is 39.4 Å². The summed E-state index contributed by atoms with van der Waals surface area (Å²) in [4.78, 5) is 12.9. The van der Waals surface area contributed by atoms with Crippen LogP contribution in [0.25, 0.3) is 0 Å². The Labute approximate surface area is 137 Å². The molecule has 0 radical (unpaired) electrons. The first-order valence-electron chi connectivity index (χ1n) is 6.55. The van der Waals surface area contributed by atoms with E-state index in [0.717, 1.165) is 8.66 Å². The maximum atomic E-state index is 12.0. The minimum Gasteiger partial charge on any atom is -0.267 e. The van der Waals surface area contributed by atoms with E-state index < -0.39 is 0 Å². The predicted molar refractivity (Wildman–Crippen MR) is 92.2 cm³/mol. The monoisotopic (exact) mass is 364 g/mol. The zero-order valence-electron chi connectivity index (χ0n) is 12.2. The molecule has 0 fully saturated rings. The fourth-order valence-corrected chi connectivity index (χ4v) is 3.03. The Balaban J connectivity index is 1.99. The highest BCUT2D eigenvalue weighted by atomic mass is 79.9. The van der Waals surface area contributed by atoms with E-state index in [1.165, 1.54) is 5.56 Å². The van der Waals surface area contributed by atoms with Gasteiger partial charge < -0.3 is 0 Å². The summed E-state index contributed by atoms with van der Waals surface area (Å²) >= 11 is 4.94. The lowest BCUT2D eigenvalue weighted by molar-refractivity contribution is 0.0955. The van der Waals surface area contributed by atoms with Crippen LogP contribution in [0, 0.1) is 0 Å². The molecule has 0 aliphatic heterocycles. The summed E-state index contributed by atoms with van der Waals surface area (Å²) in [6.07, 6.45) is 1.64. The number of amides is 1. The van der Waals surface area contributed by atoms with Gasteiger partial charge in [0.1, 0.15) is 0 Å². The van der Waals surface area contributed by atoms with Crippen molar-refractivity contribution < 1.29 is 4.79 Å². The number of hydrazone groups is 1. The third-order valence-corrected chi connectivity index (χ3v) is 4.52. The molecule has 0 spiro atoms. The summed E-state index contributed by atoms with van der Waals surface area (Å²) < 4.78 is 1.04. The summed E-state index contributed by atoms with van der Waals surface area (Å²) in [5.41, 5.74) is 4.42. The van der Waals surface area contributed by atoms with Gasteiger partial charge in [0.25, 0.3) is 5.91 Å². The van der Waals surface area contributed by atoms with Crippen molar-refractivity contribution in [2.24, 2.45) is 5.10 Å². The lowest BCUT2D eigenvalue weighted by Gasteiger charge is -2.18. The van der Waals surface area contributed by atoms with E-state index in [2.05, 4.69) is 47.2 Å². The minimum absolute atomic E-state index is 0.0831. The number of carbonyl (C=O) groups excluding carboxylic acids is 1. The van der Waals surface area contributed by atoms with Gasteiger partial charge in [-0.15, -0.1) is 11.3 Å². The highest BCUT2D eigenvalue weighted by Gasteiger charge is 2.14. The molecule has 2 aromatic rings. The molecule has 0 aliphatic carbocycles. The second-order valence-corrected chi connectivity index (χ2v) is 8.16. The number of hydrogen-bond acceptors (Lipinski definition) is 3. The lowest BCUT2D eigenvalue weighted by atomic mass is 9.87. The molecule has 3 nitrogen and oxygen atoms in total. The van der Waals surface area contributed by atoms with E-state index >= 15 is 0 Å². The maximum absolute atomic E-state index is 12.0. The Bertz CT molecular complexity index is 654. The minimum atomic E-state index is -0.206. The number of halogens is 1. The van der Waals surface area contributed by atoms with Crippen molar-refractivity contribution in [2.45, 2.75) is 26.2 Å². The molecular weight excluding hydrogens is 348 g/mol. The van der Waals surface area contributed by atoms with E-state index in [-0.39, 0.29) is 11.3 Å². The average molecular weight is 365 g/mol. The SMILES string of the molecule is CC(C)(C)c1ccc(C(=O)N/N=C\c2ccc(Br)s2)cc1. The van der Waals surface area contributed by atoms with Gasteiger partial charge in [-0.1, -0.05) is 32.9 Å². The number of nitrogens with one attached hydrogen (secondary N) is 1. The van der Waals surface area contributed by atoms with Crippen LogP contribution in [-0.2, 0) is 5.41 Å². The summed E-state index contributed by atoms with van der Waals surface area (Å²) in [7, 11) is 0. The molecule has 0 saturated carbocycles. The van der Waals surface area contributed by atoms with Crippen LogP contribution in [0.1, 0.15) is 41.6 Å². The van der Waals surface area contributed by atoms with Gasteiger partial charge >= 0.3 is 0 Å². The van der Waals surface area contributed by atoms with Crippen molar-refractivity contribution in [2.75, 3.05) is 0 Å². The first-order valence-corrected chi connectivity index (χ1v) is 8.16. The molecule has 0 atom stereocenters. The van der Waals surface area contributed by atoms with E-state index in [4.69, 9.17) is 0 Å². The van der Waals surface area contributed by atoms with Gasteiger partial charge in [-0.25, -0.2) is 5.43 Å². The summed E-state index contributed by atoms with van der Waals surface area (Å²) in [5, 5.41) is 3.97. The Kier molecular flexibility index (Phi) is 4.96. The van der Waals surface area contributed by atoms with Crippen LogP contribution in [0.3, 0.4) is 0 Å². The highest BCUT2D eigenvalue weighted by Crippen LogP contribution is 2.22. The van der Waals surface area contributed by atoms with E-state index in [9.17, 15) is 4.79 Å². The zero-order valence-corrected chi connectivity index (χ0v) is 14.6. The fourth-order valence-electron chi connectivity index (χ4n) is 1.74. The summed E-state index contributed by atoms with van der Waals surface area (Å²) in [6, 6.07) is 11.5. The van der Waals surface area contributed by atoms with Crippen LogP contribution in [0.4, 0.5) is 0 Å². The molecule has 1 aromatic carbocycles. The number of nitrogens with zero attached hydrogens (tertiary/aromatic N) is 1. The Morgan fingerprint density at radius 3 is 2.38 bits per heavy atom. The van der Waals surface area contributed by atoms with Crippen LogP contribution >= 0.6 is 27.3 Å². The van der Waals surface area contributed by atoms with Crippen molar-refractivity contribution in [3.63, 3.8) is 0 Å². The molecule has 0 aliphatic rings. The van der Waals surface area contributed by atoms with Crippen molar-refractivity contribution in [1.29, 1.82) is 0 Å². The predicted octanol–water partition coefficient (Wildman–Crippen LogP) is 4.57. The number of carbonyl (C=O) groups is 1. The molecule has 0 saturated heterocycles. The van der Waals surface area contributed by atoms with Crippen LogP contribution in [0.5, 0.6) is 0 Å². The molecular formula is C16H17BrN2OS. The van der Waals surface area contributed by atoms with Gasteiger partial charge in [-0.2, -0.15) is 5.10 Å². The molecule has 5 heteroatoms. The zero-order chi connectivity index (χ0) is 15.5. The van der Waals surface area contributed by atoms with Gasteiger partial charge in [0, 0.05) is 10.4 Å². The molecule has 21 heavy (non-hydrogen) atoms. The van der Waals surface area contributed by atoms with Gasteiger partial charge in [0.05, 0.1) is 10.0 Å². The number of hydrogen-bond donors (Lipinski definition) is 1. The fraction of sp³-hybridized carbons (Fsp3) is 0.250. The molecule has 1 aromatic heterocycles. The normalized spacial score (nSPS) is 11.8. The van der Waals surface area contributed by atoms with Gasteiger partial charge in [0.15, 0.2) is 0 Å². The number of benzene rings is 1. The molecule has 1 amide bonds. The first kappa shape index (κ1) is 15.9. The Morgan fingerprint density at radius 1 is 1.19 bits per heavy atom. The van der Waals surface area contributed by atoms with Gasteiger partial charge in [-0.05, 0) is 51.2 Å². The summed E-state index contributed by atoms with van der Waals surface area (Å²) in [6.45, 7) is 6.43. The largest absolute Gasteiger partial charge is 0.271 e. The maximum Gasteiger partial charge on any atom is 0.271 e. The molecule has 0 bridgehead atoms. The Hall–Kier alpha value is -1.46. The van der Waals surface area contributed by atoms with Gasteiger partial charge in [0.2, 0.25) is 0 Å². The van der Waals surface area contributed by atoms with Crippen molar-refractivity contribution in [1.82, 2.24) is 5.43 Å². The lowest BCUT2D eigenvalue weighted by Crippen LogP contribution is -2.18. The van der Waals surface area contributed by atoms with Crippen LogP contribution in [0.2, 0.25) is 0 Å². The molecule has 1 N–H and O–H groups in total. The highest BCUT2D eigenvalue weighted by molar-refractivity contribution is 9.11. The van der Waals surface area contributed by atoms with E-state index in [1.54, 1.807) is 17.6 Å². The second kappa shape index (κ2) is 6.54. The Morgan fingerprint density at radius 2 is 1.86 bits per heavy atom. The van der Waals surface area contributed by atoms with E-state index in [0.29, 0.717) is 5.56 Å². The molecule has 2 rings (SSSR count). The standard InChI is InChI=1S/C16H17BrN2OS/c1-16(2,3)12-6-4-11(5-7-12)15(20)19-18-10-13-8-9-14(17)21-13/h4-10H,1-3H3,(H,19,20)/b18-10-. The number of thiophene rings is 1. The van der Waals surface area contributed by atoms with Crippen LogP contribution < -0.4 is 5.43 Å². The molecule has 110 valence electrons. The summed E-state index contributed by atoms with van der Waals surface area (Å²) in [5.74, 6) is -0.206. The van der Waals surface area contributed by atoms with Crippen LogP contribution in [0.15, 0.2) is 45.3 Å². The first-order chi connectivity index (χ1) is 9.86. The third kappa shape index (κ3) is 4.51. The van der Waals surface area contributed by atoms with Gasteiger partial charge in [-0.3, -0.25) is 4.79 Å². The molecule has 0 unspecified atom stereocenters. The number of rotatable bonds is 3. The van der Waals surface area contributed by atoms with Crippen molar-refractivity contribution in [3.8, 4) is 0 Å². The smallest absolute Gasteiger partial charge is 0.267 e. The second-order valence-electron chi connectivity index (χ2n) is 5.67. The topological polar surface area (TPSA) is 41.5 Å².